The van der Waals surface area contributed by atoms with Gasteiger partial charge in [-0.3, -0.25) is 14.3 Å². The van der Waals surface area contributed by atoms with Crippen molar-refractivity contribution >= 4 is 38.3 Å². The predicted octanol–water partition coefficient (Wildman–Crippen LogP) is 4.99. The number of carbonyl (C=O) groups is 2. The summed E-state index contributed by atoms with van der Waals surface area (Å²) in [4.78, 5) is 27.6. The first kappa shape index (κ1) is 27.2. The molecule has 0 spiro atoms. The van der Waals surface area contributed by atoms with Gasteiger partial charge in [0.05, 0.1) is 37.5 Å². The summed E-state index contributed by atoms with van der Waals surface area (Å²) in [7, 11) is -3.90. The smallest absolute Gasteiger partial charge is 0.262 e. The predicted molar refractivity (Wildman–Crippen MR) is 154 cm³/mol. The van der Waals surface area contributed by atoms with Crippen LogP contribution in [0.1, 0.15) is 40.9 Å². The molecule has 4 aromatic carbocycles. The Labute approximate surface area is 233 Å². The van der Waals surface area contributed by atoms with Gasteiger partial charge in [-0.2, -0.15) is 0 Å². The van der Waals surface area contributed by atoms with Crippen molar-refractivity contribution in [1.29, 1.82) is 0 Å². The number of amides is 2. The van der Waals surface area contributed by atoms with Gasteiger partial charge < -0.3 is 14.4 Å². The van der Waals surface area contributed by atoms with E-state index in [-0.39, 0.29) is 18.1 Å². The Morgan fingerprint density at radius 2 is 1.43 bits per heavy atom. The van der Waals surface area contributed by atoms with Crippen LogP contribution in [-0.4, -0.2) is 33.4 Å². The largest absolute Gasteiger partial charge is 0.493 e. The van der Waals surface area contributed by atoms with Crippen LogP contribution in [-0.2, 0) is 33.5 Å². The average Bonchev–Trinajstić information content (AvgIpc) is 3.27. The van der Waals surface area contributed by atoms with E-state index in [9.17, 15) is 18.0 Å². The third-order valence-electron chi connectivity index (χ3n) is 6.65. The number of fused-ring (bicyclic) bond motifs is 2. The van der Waals surface area contributed by atoms with Gasteiger partial charge in [-0.15, -0.1) is 0 Å². The highest BCUT2D eigenvalue weighted by Gasteiger charge is 2.36. The minimum absolute atomic E-state index is 0.0287. The number of nitrogens with one attached hydrogen (secondary N) is 1. The molecule has 5 rings (SSSR count). The van der Waals surface area contributed by atoms with Gasteiger partial charge in [-0.25, -0.2) is 8.42 Å². The number of nitrogens with zero attached hydrogens (tertiary/aromatic N) is 1. The normalized spacial score (nSPS) is 12.8. The first-order valence-corrected chi connectivity index (χ1v) is 14.8. The SMILES string of the molecule is CCOc1c2c(c(OCC)c3ccccc13)C(=O)N(c1ccc(CS(=O)(=O)NC(=O)Cc3ccccc3)cc1)C2. The van der Waals surface area contributed by atoms with Crippen LogP contribution in [0.15, 0.2) is 78.9 Å². The van der Waals surface area contributed by atoms with Crippen LogP contribution >= 0.6 is 0 Å². The Hall–Kier alpha value is -4.37. The van der Waals surface area contributed by atoms with Crippen molar-refractivity contribution in [2.24, 2.45) is 0 Å². The molecule has 0 atom stereocenters. The zero-order valence-electron chi connectivity index (χ0n) is 22.3. The third kappa shape index (κ3) is 5.51. The number of sulfonamides is 1. The summed E-state index contributed by atoms with van der Waals surface area (Å²) in [6.07, 6.45) is -0.0287. The summed E-state index contributed by atoms with van der Waals surface area (Å²) in [6.45, 7) is 4.93. The third-order valence-corrected chi connectivity index (χ3v) is 7.91. The lowest BCUT2D eigenvalue weighted by Crippen LogP contribution is -2.32. The fourth-order valence-electron chi connectivity index (χ4n) is 5.00. The number of carbonyl (C=O) groups excluding carboxylic acids is 2. The summed E-state index contributed by atoms with van der Waals surface area (Å²) >= 11 is 0. The van der Waals surface area contributed by atoms with Crippen molar-refractivity contribution in [3.8, 4) is 11.5 Å². The van der Waals surface area contributed by atoms with E-state index in [1.54, 1.807) is 53.4 Å². The maximum Gasteiger partial charge on any atom is 0.262 e. The molecule has 2 amide bonds. The van der Waals surface area contributed by atoms with E-state index in [1.807, 2.05) is 44.2 Å². The Kier molecular flexibility index (Phi) is 7.75. The summed E-state index contributed by atoms with van der Waals surface area (Å²) in [5.41, 5.74) is 3.08. The molecule has 0 saturated heterocycles. The Morgan fingerprint density at radius 1 is 0.825 bits per heavy atom. The standard InChI is InChI=1S/C31H30N2O6S/c1-3-38-29-24-12-8-9-13-25(24)30(39-4-2)28-26(29)19-33(31(28)35)23-16-14-22(15-17-23)20-40(36,37)32-27(34)18-21-10-6-5-7-11-21/h5-17H,3-4,18-20H2,1-2H3,(H,32,34). The van der Waals surface area contributed by atoms with E-state index in [4.69, 9.17) is 9.47 Å². The van der Waals surface area contributed by atoms with Gasteiger partial charge >= 0.3 is 0 Å². The molecule has 4 aromatic rings. The summed E-state index contributed by atoms with van der Waals surface area (Å²) in [6, 6.07) is 23.4. The molecule has 9 heteroatoms. The number of anilines is 1. The topological polar surface area (TPSA) is 102 Å². The van der Waals surface area contributed by atoms with E-state index in [0.29, 0.717) is 48.1 Å². The van der Waals surface area contributed by atoms with E-state index in [2.05, 4.69) is 4.72 Å². The van der Waals surface area contributed by atoms with E-state index in [1.165, 1.54) is 0 Å². The minimum Gasteiger partial charge on any atom is -0.493 e. The highest BCUT2D eigenvalue weighted by Crippen LogP contribution is 2.46. The molecule has 0 bridgehead atoms. The monoisotopic (exact) mass is 558 g/mol. The second-order valence-electron chi connectivity index (χ2n) is 9.43. The molecule has 40 heavy (non-hydrogen) atoms. The Bertz CT molecular complexity index is 1670. The van der Waals surface area contributed by atoms with Crippen LogP contribution < -0.4 is 19.1 Å². The Morgan fingerprint density at radius 3 is 2.08 bits per heavy atom. The average molecular weight is 559 g/mol. The second kappa shape index (κ2) is 11.4. The van der Waals surface area contributed by atoms with Gasteiger partial charge in [0, 0.05) is 22.0 Å². The lowest BCUT2D eigenvalue weighted by Gasteiger charge is -2.16. The first-order valence-electron chi connectivity index (χ1n) is 13.1. The van der Waals surface area contributed by atoms with Gasteiger partial charge in [0.15, 0.2) is 0 Å². The number of benzene rings is 4. The van der Waals surface area contributed by atoms with Crippen LogP contribution in [0.2, 0.25) is 0 Å². The molecule has 1 aliphatic rings. The maximum atomic E-state index is 13.7. The molecule has 1 aliphatic heterocycles. The van der Waals surface area contributed by atoms with Crippen molar-refractivity contribution < 1.29 is 27.5 Å². The van der Waals surface area contributed by atoms with Gasteiger partial charge in [0.1, 0.15) is 11.5 Å². The number of hydrogen-bond donors (Lipinski definition) is 1. The molecule has 206 valence electrons. The van der Waals surface area contributed by atoms with Crippen molar-refractivity contribution in [3.63, 3.8) is 0 Å². The molecular formula is C31H30N2O6S. The molecule has 0 fully saturated rings. The lowest BCUT2D eigenvalue weighted by molar-refractivity contribution is -0.118. The van der Waals surface area contributed by atoms with Crippen LogP contribution in [0.3, 0.4) is 0 Å². The molecule has 1 N–H and O–H groups in total. The quantitative estimate of drug-likeness (QED) is 0.294. The molecule has 0 aromatic heterocycles. The van der Waals surface area contributed by atoms with Crippen LogP contribution in [0.4, 0.5) is 5.69 Å². The fraction of sp³-hybridized carbons (Fsp3) is 0.226. The van der Waals surface area contributed by atoms with Gasteiger partial charge in [0.25, 0.3) is 5.91 Å². The van der Waals surface area contributed by atoms with E-state index < -0.39 is 15.9 Å². The van der Waals surface area contributed by atoms with Crippen LogP contribution in [0.25, 0.3) is 10.8 Å². The number of rotatable bonds is 10. The highest BCUT2D eigenvalue weighted by molar-refractivity contribution is 7.89. The van der Waals surface area contributed by atoms with Crippen molar-refractivity contribution in [3.05, 3.63) is 101 Å². The fourth-order valence-corrected chi connectivity index (χ4v) is 6.12. The van der Waals surface area contributed by atoms with Crippen molar-refractivity contribution in [1.82, 2.24) is 4.72 Å². The molecular weight excluding hydrogens is 528 g/mol. The zero-order chi connectivity index (χ0) is 28.3. The number of ether oxygens (including phenoxy) is 2. The second-order valence-corrected chi connectivity index (χ2v) is 11.2. The molecule has 1 heterocycles. The summed E-state index contributed by atoms with van der Waals surface area (Å²) < 4.78 is 39.4. The highest BCUT2D eigenvalue weighted by atomic mass is 32.2. The first-order chi connectivity index (χ1) is 19.3. The molecule has 0 aliphatic carbocycles. The van der Waals surface area contributed by atoms with Gasteiger partial charge in [0.2, 0.25) is 15.9 Å². The van der Waals surface area contributed by atoms with Gasteiger partial charge in [-0.1, -0.05) is 66.7 Å². The van der Waals surface area contributed by atoms with Crippen molar-refractivity contribution in [2.45, 2.75) is 32.6 Å². The van der Waals surface area contributed by atoms with E-state index >= 15 is 0 Å². The summed E-state index contributed by atoms with van der Waals surface area (Å²) in [5.74, 6) is 0.0417. The molecule has 0 unspecified atom stereocenters. The van der Waals surface area contributed by atoms with Crippen LogP contribution in [0, 0.1) is 0 Å². The van der Waals surface area contributed by atoms with Crippen molar-refractivity contribution in [2.75, 3.05) is 18.1 Å². The maximum absolute atomic E-state index is 13.7. The molecule has 0 radical (unpaired) electrons. The lowest BCUT2D eigenvalue weighted by atomic mass is 9.99. The van der Waals surface area contributed by atoms with E-state index in [0.717, 1.165) is 21.9 Å². The number of hydrogen-bond acceptors (Lipinski definition) is 6. The van der Waals surface area contributed by atoms with Crippen LogP contribution in [0.5, 0.6) is 11.5 Å². The van der Waals surface area contributed by atoms with Gasteiger partial charge in [-0.05, 0) is 37.1 Å². The Balaban J connectivity index is 1.37. The molecule has 8 nitrogen and oxygen atoms in total. The summed E-state index contributed by atoms with van der Waals surface area (Å²) in [5, 5.41) is 1.70. The molecule has 0 saturated carbocycles. The zero-order valence-corrected chi connectivity index (χ0v) is 23.2. The minimum atomic E-state index is -3.90.